The van der Waals surface area contributed by atoms with Gasteiger partial charge in [0.1, 0.15) is 18.3 Å². The van der Waals surface area contributed by atoms with Crippen LogP contribution < -0.4 is 14.4 Å². The Bertz CT molecular complexity index is 1350. The molecule has 1 N–H and O–H groups in total. The fraction of sp³-hybridized carbons (Fsp3) is 0.333. The third-order valence-electron chi connectivity index (χ3n) is 6.27. The summed E-state index contributed by atoms with van der Waals surface area (Å²) in [5.74, 6) is -0.207. The van der Waals surface area contributed by atoms with Gasteiger partial charge in [0.15, 0.2) is 0 Å². The van der Waals surface area contributed by atoms with Gasteiger partial charge in [0.25, 0.3) is 10.0 Å². The number of rotatable bonds is 14. The summed E-state index contributed by atoms with van der Waals surface area (Å²) in [6, 6.07) is 21.6. The lowest BCUT2D eigenvalue weighted by Crippen LogP contribution is -2.51. The van der Waals surface area contributed by atoms with Gasteiger partial charge in [-0.2, -0.15) is 0 Å². The molecule has 2 amide bonds. The Labute approximate surface area is 241 Å². The fourth-order valence-corrected chi connectivity index (χ4v) is 5.86. The number of anilines is 1. The first kappa shape index (κ1) is 31.0. The predicted octanol–water partition coefficient (Wildman–Crippen LogP) is 4.95. The number of benzene rings is 3. The van der Waals surface area contributed by atoms with Crippen LogP contribution in [0.1, 0.15) is 32.8 Å². The Hall–Kier alpha value is -3.50. The standard InChI is InChI=1S/C30H37N3O5S2/c1-5-20-31-30(35)23(3)32(21-24-10-8-7-9-11-24)29(34)22-33(25-12-14-26(15-13-25)38-6-2)40(36,37)28-18-16-27(39-4)17-19-28/h7-19,23H,5-6,20-22H2,1-4H3,(H,31,35)/t23-/m0/s1. The van der Waals surface area contributed by atoms with Crippen LogP contribution in [0, 0.1) is 0 Å². The van der Waals surface area contributed by atoms with E-state index in [9.17, 15) is 18.0 Å². The quantitative estimate of drug-likeness (QED) is 0.270. The van der Waals surface area contributed by atoms with Crippen LogP contribution in [-0.2, 0) is 26.2 Å². The normalized spacial score (nSPS) is 11.9. The van der Waals surface area contributed by atoms with Gasteiger partial charge in [-0.3, -0.25) is 13.9 Å². The summed E-state index contributed by atoms with van der Waals surface area (Å²) in [6.07, 6.45) is 2.66. The van der Waals surface area contributed by atoms with E-state index < -0.39 is 28.5 Å². The number of amides is 2. The molecule has 0 aliphatic rings. The molecular formula is C30H37N3O5S2. The highest BCUT2D eigenvalue weighted by atomic mass is 32.2. The maximum absolute atomic E-state index is 13.9. The molecule has 0 aromatic heterocycles. The molecule has 0 heterocycles. The van der Waals surface area contributed by atoms with Crippen molar-refractivity contribution in [3.8, 4) is 5.75 Å². The highest BCUT2D eigenvalue weighted by Gasteiger charge is 2.32. The molecule has 0 spiro atoms. The zero-order valence-corrected chi connectivity index (χ0v) is 25.0. The van der Waals surface area contributed by atoms with Crippen LogP contribution in [0.5, 0.6) is 5.75 Å². The lowest BCUT2D eigenvalue weighted by molar-refractivity contribution is -0.139. The number of sulfonamides is 1. The summed E-state index contributed by atoms with van der Waals surface area (Å²) in [7, 11) is -4.13. The van der Waals surface area contributed by atoms with E-state index in [1.807, 2.05) is 50.4 Å². The molecule has 0 unspecified atom stereocenters. The minimum Gasteiger partial charge on any atom is -0.494 e. The van der Waals surface area contributed by atoms with E-state index in [0.29, 0.717) is 24.6 Å². The smallest absolute Gasteiger partial charge is 0.264 e. The second kappa shape index (κ2) is 14.8. The van der Waals surface area contributed by atoms with Crippen molar-refractivity contribution in [3.05, 3.63) is 84.4 Å². The number of nitrogens with zero attached hydrogens (tertiary/aromatic N) is 2. The van der Waals surface area contributed by atoms with E-state index >= 15 is 0 Å². The van der Waals surface area contributed by atoms with Crippen LogP contribution in [0.2, 0.25) is 0 Å². The number of ether oxygens (including phenoxy) is 1. The molecule has 1 atom stereocenters. The molecule has 0 fully saturated rings. The predicted molar refractivity (Wildman–Crippen MR) is 160 cm³/mol. The molecule has 3 aromatic rings. The molecule has 0 saturated carbocycles. The molecular weight excluding hydrogens is 546 g/mol. The van der Waals surface area contributed by atoms with Gasteiger partial charge in [-0.15, -0.1) is 11.8 Å². The van der Waals surface area contributed by atoms with Crippen molar-refractivity contribution in [2.75, 3.05) is 30.3 Å². The fourth-order valence-electron chi connectivity index (χ4n) is 4.04. The highest BCUT2D eigenvalue weighted by Crippen LogP contribution is 2.28. The average Bonchev–Trinajstić information content (AvgIpc) is 2.98. The maximum Gasteiger partial charge on any atom is 0.264 e. The highest BCUT2D eigenvalue weighted by molar-refractivity contribution is 7.98. The number of hydrogen-bond donors (Lipinski definition) is 1. The number of carbonyl (C=O) groups excluding carboxylic acids is 2. The van der Waals surface area contributed by atoms with Crippen LogP contribution in [0.15, 0.2) is 88.7 Å². The van der Waals surface area contributed by atoms with Crippen LogP contribution in [-0.4, -0.2) is 57.1 Å². The van der Waals surface area contributed by atoms with Crippen molar-refractivity contribution in [3.63, 3.8) is 0 Å². The Morgan fingerprint density at radius 1 is 0.950 bits per heavy atom. The molecule has 3 aromatic carbocycles. The molecule has 0 aliphatic carbocycles. The molecule has 8 nitrogen and oxygen atoms in total. The second-order valence-electron chi connectivity index (χ2n) is 9.09. The van der Waals surface area contributed by atoms with E-state index in [1.165, 1.54) is 28.8 Å². The average molecular weight is 584 g/mol. The zero-order chi connectivity index (χ0) is 29.1. The Kier molecular flexibility index (Phi) is 11.5. The van der Waals surface area contributed by atoms with Crippen molar-refractivity contribution < 1.29 is 22.7 Å². The Morgan fingerprint density at radius 3 is 2.17 bits per heavy atom. The lowest BCUT2D eigenvalue weighted by Gasteiger charge is -2.32. The van der Waals surface area contributed by atoms with Crippen LogP contribution >= 0.6 is 11.8 Å². The number of nitrogens with one attached hydrogen (secondary N) is 1. The van der Waals surface area contributed by atoms with Crippen molar-refractivity contribution in [1.82, 2.24) is 10.2 Å². The monoisotopic (exact) mass is 583 g/mol. The van der Waals surface area contributed by atoms with Crippen molar-refractivity contribution in [1.29, 1.82) is 0 Å². The van der Waals surface area contributed by atoms with Crippen LogP contribution in [0.25, 0.3) is 0 Å². The van der Waals surface area contributed by atoms with Crippen LogP contribution in [0.4, 0.5) is 5.69 Å². The molecule has 0 bridgehead atoms. The molecule has 0 radical (unpaired) electrons. The van der Waals surface area contributed by atoms with Crippen molar-refractivity contribution in [2.45, 2.75) is 49.6 Å². The zero-order valence-electron chi connectivity index (χ0n) is 23.4. The van der Waals surface area contributed by atoms with Crippen molar-refractivity contribution >= 4 is 39.3 Å². The van der Waals surface area contributed by atoms with Gasteiger partial charge in [0.2, 0.25) is 11.8 Å². The molecule has 10 heteroatoms. The number of carbonyl (C=O) groups is 2. The minimum absolute atomic E-state index is 0.0651. The van der Waals surface area contributed by atoms with Crippen LogP contribution in [0.3, 0.4) is 0 Å². The lowest BCUT2D eigenvalue weighted by atomic mass is 10.1. The maximum atomic E-state index is 13.9. The number of hydrogen-bond acceptors (Lipinski definition) is 6. The van der Waals surface area contributed by atoms with Gasteiger partial charge >= 0.3 is 0 Å². The summed E-state index contributed by atoms with van der Waals surface area (Å²) in [6.45, 7) is 6.08. The summed E-state index contributed by atoms with van der Waals surface area (Å²) in [5, 5.41) is 2.84. The number of thioether (sulfide) groups is 1. The van der Waals surface area contributed by atoms with Gasteiger partial charge in [0, 0.05) is 18.0 Å². The first-order valence-corrected chi connectivity index (χ1v) is 15.9. The Balaban J connectivity index is 2.01. The first-order valence-electron chi connectivity index (χ1n) is 13.2. The second-order valence-corrected chi connectivity index (χ2v) is 11.8. The molecule has 214 valence electrons. The van der Waals surface area contributed by atoms with E-state index in [4.69, 9.17) is 4.74 Å². The first-order chi connectivity index (χ1) is 19.2. The minimum atomic E-state index is -4.13. The third kappa shape index (κ3) is 8.02. The SMILES string of the molecule is CCCNC(=O)[C@H](C)N(Cc1ccccc1)C(=O)CN(c1ccc(OCC)cc1)S(=O)(=O)c1ccc(SC)cc1. The molecule has 0 aliphatic heterocycles. The summed E-state index contributed by atoms with van der Waals surface area (Å²) in [5.41, 5.74) is 1.14. The molecule has 0 saturated heterocycles. The van der Waals surface area contributed by atoms with Gasteiger partial charge in [-0.1, -0.05) is 37.3 Å². The van der Waals surface area contributed by atoms with Gasteiger partial charge in [-0.25, -0.2) is 8.42 Å². The largest absolute Gasteiger partial charge is 0.494 e. The molecule has 40 heavy (non-hydrogen) atoms. The Morgan fingerprint density at radius 2 is 1.60 bits per heavy atom. The van der Waals surface area contributed by atoms with Gasteiger partial charge in [0.05, 0.1) is 17.2 Å². The van der Waals surface area contributed by atoms with E-state index in [1.54, 1.807) is 43.3 Å². The summed E-state index contributed by atoms with van der Waals surface area (Å²) >= 11 is 1.50. The van der Waals surface area contributed by atoms with E-state index in [-0.39, 0.29) is 17.3 Å². The summed E-state index contributed by atoms with van der Waals surface area (Å²) < 4.78 is 34.5. The third-order valence-corrected chi connectivity index (χ3v) is 8.81. The van der Waals surface area contributed by atoms with Gasteiger partial charge in [-0.05, 0) is 80.6 Å². The van der Waals surface area contributed by atoms with Gasteiger partial charge < -0.3 is 15.0 Å². The molecule has 3 rings (SSSR count). The van der Waals surface area contributed by atoms with E-state index in [0.717, 1.165) is 21.2 Å². The van der Waals surface area contributed by atoms with E-state index in [2.05, 4.69) is 5.32 Å². The van der Waals surface area contributed by atoms with Crippen molar-refractivity contribution in [2.24, 2.45) is 0 Å². The topological polar surface area (TPSA) is 96.0 Å². The summed E-state index contributed by atoms with van der Waals surface area (Å²) in [4.78, 5) is 29.2.